The monoisotopic (exact) mass is 323 g/mol. The molecule has 0 spiro atoms. The number of hydrogen-bond acceptors (Lipinski definition) is 1. The third-order valence-corrected chi connectivity index (χ3v) is 5.30. The smallest absolute Gasteiger partial charge is 0.236 e. The molecule has 1 saturated heterocycles. The number of nitrogens with zero attached hydrogens (tertiary/aromatic N) is 1. The van der Waals surface area contributed by atoms with Gasteiger partial charge in [0.05, 0.1) is 3.92 Å². The second-order valence-corrected chi connectivity index (χ2v) is 6.22. The molecule has 1 aliphatic heterocycles. The summed E-state index contributed by atoms with van der Waals surface area (Å²) in [6.45, 7) is 8.60. The number of alkyl halides is 1. The fourth-order valence-electron chi connectivity index (χ4n) is 2.30. The quantitative estimate of drug-likeness (QED) is 0.577. The van der Waals surface area contributed by atoms with Crippen LogP contribution in [0.5, 0.6) is 0 Å². The van der Waals surface area contributed by atoms with E-state index < -0.39 is 0 Å². The Morgan fingerprint density at radius 3 is 2.53 bits per heavy atom. The molecular weight excluding hydrogens is 301 g/mol. The predicted molar refractivity (Wildman–Crippen MR) is 72.3 cm³/mol. The van der Waals surface area contributed by atoms with E-state index in [-0.39, 0.29) is 3.92 Å². The number of amides is 1. The first-order valence-electron chi connectivity index (χ1n) is 5.95. The SMILES string of the molecule is CC[C@@H]1CCC(C)N1C(=O)[C@@H](I)C(C)C. The maximum Gasteiger partial charge on any atom is 0.236 e. The Bertz CT molecular complexity index is 230. The van der Waals surface area contributed by atoms with Gasteiger partial charge in [0, 0.05) is 12.1 Å². The Morgan fingerprint density at radius 1 is 1.47 bits per heavy atom. The van der Waals surface area contributed by atoms with Gasteiger partial charge in [0.25, 0.3) is 0 Å². The molecule has 0 bridgehead atoms. The van der Waals surface area contributed by atoms with E-state index in [2.05, 4.69) is 55.2 Å². The molecule has 2 nitrogen and oxygen atoms in total. The second kappa shape index (κ2) is 5.51. The van der Waals surface area contributed by atoms with Crippen LogP contribution in [0.4, 0.5) is 0 Å². The number of carbonyl (C=O) groups excluding carboxylic acids is 1. The van der Waals surface area contributed by atoms with Gasteiger partial charge >= 0.3 is 0 Å². The average Bonchev–Trinajstić information content (AvgIpc) is 2.57. The van der Waals surface area contributed by atoms with Gasteiger partial charge in [-0.3, -0.25) is 4.79 Å². The van der Waals surface area contributed by atoms with Gasteiger partial charge in [-0.2, -0.15) is 0 Å². The zero-order valence-corrected chi connectivity index (χ0v) is 12.3. The Balaban J connectivity index is 2.72. The molecule has 0 aromatic rings. The fourth-order valence-corrected chi connectivity index (χ4v) is 2.62. The van der Waals surface area contributed by atoms with Crippen LogP contribution in [-0.2, 0) is 4.79 Å². The van der Waals surface area contributed by atoms with Crippen molar-refractivity contribution < 1.29 is 4.79 Å². The molecule has 0 aliphatic carbocycles. The minimum Gasteiger partial charge on any atom is -0.336 e. The van der Waals surface area contributed by atoms with Crippen molar-refractivity contribution >= 4 is 28.5 Å². The van der Waals surface area contributed by atoms with Crippen LogP contribution in [0.3, 0.4) is 0 Å². The van der Waals surface area contributed by atoms with E-state index in [0.717, 1.165) is 6.42 Å². The van der Waals surface area contributed by atoms with E-state index in [1.54, 1.807) is 0 Å². The highest BCUT2D eigenvalue weighted by molar-refractivity contribution is 14.1. The maximum absolute atomic E-state index is 12.3. The summed E-state index contributed by atoms with van der Waals surface area (Å²) in [6, 6.07) is 0.932. The highest BCUT2D eigenvalue weighted by Crippen LogP contribution is 2.29. The molecule has 1 amide bonds. The molecule has 1 fully saturated rings. The topological polar surface area (TPSA) is 20.3 Å². The van der Waals surface area contributed by atoms with Gasteiger partial charge < -0.3 is 4.90 Å². The van der Waals surface area contributed by atoms with E-state index >= 15 is 0 Å². The van der Waals surface area contributed by atoms with Crippen molar-refractivity contribution in [1.29, 1.82) is 0 Å². The van der Waals surface area contributed by atoms with Crippen molar-refractivity contribution in [3.63, 3.8) is 0 Å². The molecule has 88 valence electrons. The lowest BCUT2D eigenvalue weighted by Crippen LogP contribution is -2.44. The predicted octanol–water partition coefficient (Wildman–Crippen LogP) is 3.24. The molecular formula is C12H22INO. The lowest BCUT2D eigenvalue weighted by Gasteiger charge is -2.31. The van der Waals surface area contributed by atoms with E-state index in [1.807, 2.05) is 0 Å². The van der Waals surface area contributed by atoms with Gasteiger partial charge in [-0.1, -0.05) is 43.4 Å². The minimum absolute atomic E-state index is 0.136. The average molecular weight is 323 g/mol. The third-order valence-electron chi connectivity index (χ3n) is 3.33. The molecule has 15 heavy (non-hydrogen) atoms. The first kappa shape index (κ1) is 13.3. The highest BCUT2D eigenvalue weighted by atomic mass is 127. The molecule has 0 aromatic heterocycles. The Hall–Kier alpha value is 0.200. The standard InChI is InChI=1S/C12H22INO/c1-5-10-7-6-9(4)14(10)12(15)11(13)8(2)3/h8-11H,5-7H2,1-4H3/t9?,10-,11+/m1/s1. The van der Waals surface area contributed by atoms with Gasteiger partial charge in [0.15, 0.2) is 0 Å². The number of halogens is 1. The first-order valence-corrected chi connectivity index (χ1v) is 7.19. The minimum atomic E-state index is 0.136. The summed E-state index contributed by atoms with van der Waals surface area (Å²) in [5.74, 6) is 0.783. The van der Waals surface area contributed by atoms with E-state index in [0.29, 0.717) is 23.9 Å². The number of carbonyl (C=O) groups is 1. The number of hydrogen-bond donors (Lipinski definition) is 0. The molecule has 3 heteroatoms. The van der Waals surface area contributed by atoms with Crippen molar-refractivity contribution in [1.82, 2.24) is 4.90 Å². The largest absolute Gasteiger partial charge is 0.336 e. The summed E-state index contributed by atoms with van der Waals surface area (Å²) in [5, 5.41) is 0. The van der Waals surface area contributed by atoms with Crippen molar-refractivity contribution in [2.45, 2.75) is 63.0 Å². The van der Waals surface area contributed by atoms with Crippen LogP contribution in [0.25, 0.3) is 0 Å². The van der Waals surface area contributed by atoms with Crippen LogP contribution in [0.2, 0.25) is 0 Å². The van der Waals surface area contributed by atoms with Gasteiger partial charge in [0.1, 0.15) is 0 Å². The van der Waals surface area contributed by atoms with Crippen LogP contribution >= 0.6 is 22.6 Å². The molecule has 1 rings (SSSR count). The lowest BCUT2D eigenvalue weighted by atomic mass is 10.1. The molecule has 1 aliphatic rings. The van der Waals surface area contributed by atoms with Crippen molar-refractivity contribution in [2.75, 3.05) is 0 Å². The summed E-state index contributed by atoms with van der Waals surface area (Å²) < 4.78 is 0.136. The van der Waals surface area contributed by atoms with Crippen molar-refractivity contribution in [3.05, 3.63) is 0 Å². The van der Waals surface area contributed by atoms with Gasteiger partial charge in [0.2, 0.25) is 5.91 Å². The normalized spacial score (nSPS) is 28.5. The molecule has 1 unspecified atom stereocenters. The zero-order chi connectivity index (χ0) is 11.6. The van der Waals surface area contributed by atoms with Gasteiger partial charge in [-0.25, -0.2) is 0 Å². The molecule has 0 N–H and O–H groups in total. The van der Waals surface area contributed by atoms with Crippen LogP contribution in [-0.4, -0.2) is 26.8 Å². The third kappa shape index (κ3) is 2.86. The summed E-state index contributed by atoms with van der Waals surface area (Å²) in [7, 11) is 0. The van der Waals surface area contributed by atoms with Gasteiger partial charge in [-0.05, 0) is 32.1 Å². The van der Waals surface area contributed by atoms with Crippen LogP contribution in [0.15, 0.2) is 0 Å². The van der Waals surface area contributed by atoms with E-state index in [9.17, 15) is 4.79 Å². The molecule has 1 heterocycles. The van der Waals surface area contributed by atoms with Crippen LogP contribution in [0.1, 0.15) is 47.0 Å². The van der Waals surface area contributed by atoms with E-state index in [4.69, 9.17) is 0 Å². The first-order chi connectivity index (χ1) is 6.99. The number of rotatable bonds is 3. The second-order valence-electron chi connectivity index (χ2n) is 4.88. The summed E-state index contributed by atoms with van der Waals surface area (Å²) in [4.78, 5) is 14.4. The Kier molecular flexibility index (Phi) is 4.87. The summed E-state index contributed by atoms with van der Waals surface area (Å²) >= 11 is 2.29. The molecule has 0 radical (unpaired) electrons. The fraction of sp³-hybridized carbons (Fsp3) is 0.917. The van der Waals surface area contributed by atoms with Crippen molar-refractivity contribution in [3.8, 4) is 0 Å². The lowest BCUT2D eigenvalue weighted by molar-refractivity contribution is -0.133. The number of likely N-dealkylation sites (tertiary alicyclic amines) is 1. The van der Waals surface area contributed by atoms with Crippen molar-refractivity contribution in [2.24, 2.45) is 5.92 Å². The Labute approximate surface area is 107 Å². The van der Waals surface area contributed by atoms with E-state index in [1.165, 1.54) is 12.8 Å². The molecule has 0 aromatic carbocycles. The van der Waals surface area contributed by atoms with Gasteiger partial charge in [-0.15, -0.1) is 0 Å². The zero-order valence-electron chi connectivity index (χ0n) is 10.2. The molecule has 0 saturated carbocycles. The highest BCUT2D eigenvalue weighted by Gasteiger charge is 2.36. The summed E-state index contributed by atoms with van der Waals surface area (Å²) in [6.07, 6.45) is 3.45. The van der Waals surface area contributed by atoms with Crippen LogP contribution < -0.4 is 0 Å². The maximum atomic E-state index is 12.3. The summed E-state index contributed by atoms with van der Waals surface area (Å²) in [5.41, 5.74) is 0. The Morgan fingerprint density at radius 2 is 2.07 bits per heavy atom. The molecule has 3 atom stereocenters. The van der Waals surface area contributed by atoms with Crippen LogP contribution in [0, 0.1) is 5.92 Å².